The summed E-state index contributed by atoms with van der Waals surface area (Å²) in [5.41, 5.74) is 0.784. The minimum atomic E-state index is -0.846. The van der Waals surface area contributed by atoms with Crippen molar-refractivity contribution >= 4 is 5.78 Å². The van der Waals surface area contributed by atoms with E-state index >= 15 is 0 Å². The van der Waals surface area contributed by atoms with Crippen molar-refractivity contribution in [3.05, 3.63) is 18.0 Å². The molecule has 112 valence electrons. The van der Waals surface area contributed by atoms with Crippen molar-refractivity contribution in [1.29, 1.82) is 0 Å². The van der Waals surface area contributed by atoms with Crippen LogP contribution in [0, 0.1) is 5.92 Å². The van der Waals surface area contributed by atoms with Crippen LogP contribution in [0.5, 0.6) is 0 Å². The lowest BCUT2D eigenvalue weighted by Gasteiger charge is -2.18. The van der Waals surface area contributed by atoms with Crippen LogP contribution < -0.4 is 0 Å². The molecule has 0 aromatic carbocycles. The van der Waals surface area contributed by atoms with Crippen LogP contribution in [0.3, 0.4) is 0 Å². The molecule has 20 heavy (non-hydrogen) atoms. The molecular formula is C16H26N2O2. The maximum Gasteiger partial charge on any atom is 0.167 e. The Bertz CT molecular complexity index is 431. The molecule has 0 saturated heterocycles. The van der Waals surface area contributed by atoms with Gasteiger partial charge in [-0.05, 0) is 24.8 Å². The predicted molar refractivity (Wildman–Crippen MR) is 78.5 cm³/mol. The first kappa shape index (κ1) is 15.2. The lowest BCUT2D eigenvalue weighted by Crippen LogP contribution is -2.30. The standard InChI is InChI=1S/C16H26N2O2/c1-3-12(4-2)16(20)15(19)11-13-9-10-18(17-13)14-7-5-6-8-14/h9-10,12,14,16,20H,3-8,11H2,1-2H3. The molecule has 4 nitrogen and oxygen atoms in total. The summed E-state index contributed by atoms with van der Waals surface area (Å²) in [5.74, 6) is -0.0326. The highest BCUT2D eigenvalue weighted by Crippen LogP contribution is 2.28. The van der Waals surface area contributed by atoms with Gasteiger partial charge in [-0.25, -0.2) is 0 Å². The van der Waals surface area contributed by atoms with Gasteiger partial charge in [0.2, 0.25) is 0 Å². The molecule has 0 aliphatic heterocycles. The van der Waals surface area contributed by atoms with Crippen LogP contribution in [0.2, 0.25) is 0 Å². The molecule has 1 aromatic rings. The summed E-state index contributed by atoms with van der Waals surface area (Å²) in [6.45, 7) is 4.03. The van der Waals surface area contributed by atoms with Crippen molar-refractivity contribution < 1.29 is 9.90 Å². The van der Waals surface area contributed by atoms with Crippen LogP contribution in [0.1, 0.15) is 64.1 Å². The minimum Gasteiger partial charge on any atom is -0.385 e. The second kappa shape index (κ2) is 7.02. The van der Waals surface area contributed by atoms with E-state index in [4.69, 9.17) is 0 Å². The molecule has 1 aliphatic carbocycles. The fourth-order valence-corrected chi connectivity index (χ4v) is 3.13. The summed E-state index contributed by atoms with van der Waals surface area (Å²) in [5, 5.41) is 14.6. The van der Waals surface area contributed by atoms with E-state index in [-0.39, 0.29) is 18.1 Å². The summed E-state index contributed by atoms with van der Waals surface area (Å²) < 4.78 is 2.00. The smallest absolute Gasteiger partial charge is 0.167 e. The van der Waals surface area contributed by atoms with Crippen molar-refractivity contribution in [2.24, 2.45) is 5.92 Å². The first-order chi connectivity index (χ1) is 9.65. The summed E-state index contributed by atoms with van der Waals surface area (Å²) in [6, 6.07) is 2.42. The van der Waals surface area contributed by atoms with Crippen molar-refractivity contribution in [3.8, 4) is 0 Å². The van der Waals surface area contributed by atoms with E-state index in [2.05, 4.69) is 5.10 Å². The van der Waals surface area contributed by atoms with E-state index in [1.165, 1.54) is 25.7 Å². The average Bonchev–Trinajstić information content (AvgIpc) is 3.10. The molecule has 0 radical (unpaired) electrons. The van der Waals surface area contributed by atoms with Crippen LogP contribution in [0.25, 0.3) is 0 Å². The Kier molecular flexibility index (Phi) is 5.35. The molecule has 2 rings (SSSR count). The lowest BCUT2D eigenvalue weighted by atomic mass is 9.92. The quantitative estimate of drug-likeness (QED) is 0.834. The molecule has 1 aromatic heterocycles. The van der Waals surface area contributed by atoms with Gasteiger partial charge in [0.05, 0.1) is 18.2 Å². The summed E-state index contributed by atoms with van der Waals surface area (Å²) in [6.07, 6.45) is 7.95. The zero-order chi connectivity index (χ0) is 14.5. The Morgan fingerprint density at radius 3 is 2.65 bits per heavy atom. The number of nitrogens with zero attached hydrogens (tertiary/aromatic N) is 2. The van der Waals surface area contributed by atoms with E-state index in [1.807, 2.05) is 30.8 Å². The van der Waals surface area contributed by atoms with Gasteiger partial charge in [-0.3, -0.25) is 9.48 Å². The number of rotatable bonds is 7. The molecule has 1 heterocycles. The van der Waals surface area contributed by atoms with Gasteiger partial charge in [0.1, 0.15) is 6.10 Å². The number of Topliss-reactive ketones (excluding diaryl/α,β-unsaturated/α-hetero) is 1. The molecule has 1 saturated carbocycles. The molecule has 1 unspecified atom stereocenters. The van der Waals surface area contributed by atoms with Crippen molar-refractivity contribution in [1.82, 2.24) is 9.78 Å². The third-order valence-electron chi connectivity index (χ3n) is 4.54. The average molecular weight is 278 g/mol. The van der Waals surface area contributed by atoms with E-state index in [9.17, 15) is 9.90 Å². The zero-order valence-corrected chi connectivity index (χ0v) is 12.6. The highest BCUT2D eigenvalue weighted by molar-refractivity contribution is 5.84. The van der Waals surface area contributed by atoms with Crippen LogP contribution >= 0.6 is 0 Å². The molecule has 4 heteroatoms. The third kappa shape index (κ3) is 3.48. The molecule has 1 aliphatic rings. The SMILES string of the molecule is CCC(CC)C(O)C(=O)Cc1ccn(C2CCCC2)n1. The second-order valence-corrected chi connectivity index (χ2v) is 5.89. The van der Waals surface area contributed by atoms with Gasteiger partial charge in [-0.2, -0.15) is 5.10 Å². The maximum atomic E-state index is 12.1. The largest absolute Gasteiger partial charge is 0.385 e. The number of carbonyl (C=O) groups excluding carboxylic acids is 1. The van der Waals surface area contributed by atoms with Crippen molar-refractivity contribution in [2.75, 3.05) is 0 Å². The molecule has 1 N–H and O–H groups in total. The van der Waals surface area contributed by atoms with Crippen LogP contribution in [0.15, 0.2) is 12.3 Å². The number of aliphatic hydroxyl groups excluding tert-OH is 1. The Morgan fingerprint density at radius 1 is 1.40 bits per heavy atom. The highest BCUT2D eigenvalue weighted by Gasteiger charge is 2.24. The number of aliphatic hydroxyl groups is 1. The number of hydrogen-bond donors (Lipinski definition) is 1. The highest BCUT2D eigenvalue weighted by atomic mass is 16.3. The van der Waals surface area contributed by atoms with E-state index < -0.39 is 6.10 Å². The van der Waals surface area contributed by atoms with Crippen LogP contribution in [0.4, 0.5) is 0 Å². The Labute approximate surface area is 121 Å². The van der Waals surface area contributed by atoms with Crippen molar-refractivity contribution in [3.63, 3.8) is 0 Å². The van der Waals surface area contributed by atoms with Gasteiger partial charge in [0, 0.05) is 6.20 Å². The van der Waals surface area contributed by atoms with Gasteiger partial charge in [-0.1, -0.05) is 39.5 Å². The topological polar surface area (TPSA) is 55.1 Å². The van der Waals surface area contributed by atoms with E-state index in [1.54, 1.807) is 0 Å². The molecule has 1 fully saturated rings. The van der Waals surface area contributed by atoms with E-state index in [0.29, 0.717) is 6.04 Å². The number of carbonyl (C=O) groups is 1. The fraction of sp³-hybridized carbons (Fsp3) is 0.750. The predicted octanol–water partition coefficient (Wildman–Crippen LogP) is 2.91. The number of hydrogen-bond acceptors (Lipinski definition) is 3. The molecule has 0 spiro atoms. The molecule has 0 bridgehead atoms. The van der Waals surface area contributed by atoms with Crippen molar-refractivity contribution in [2.45, 2.75) is 70.9 Å². The fourth-order valence-electron chi connectivity index (χ4n) is 3.13. The first-order valence-electron chi connectivity index (χ1n) is 7.90. The van der Waals surface area contributed by atoms with Gasteiger partial charge in [-0.15, -0.1) is 0 Å². The molecular weight excluding hydrogens is 252 g/mol. The maximum absolute atomic E-state index is 12.1. The van der Waals surface area contributed by atoms with Crippen LogP contribution in [-0.4, -0.2) is 26.8 Å². The normalized spacial score (nSPS) is 17.8. The summed E-state index contributed by atoms with van der Waals surface area (Å²) in [4.78, 5) is 12.1. The molecule has 1 atom stereocenters. The lowest BCUT2D eigenvalue weighted by molar-refractivity contribution is -0.129. The zero-order valence-electron chi connectivity index (χ0n) is 12.6. The van der Waals surface area contributed by atoms with Gasteiger partial charge >= 0.3 is 0 Å². The number of aromatic nitrogens is 2. The Balaban J connectivity index is 1.94. The monoisotopic (exact) mass is 278 g/mol. The number of ketones is 1. The summed E-state index contributed by atoms with van der Waals surface area (Å²) in [7, 11) is 0. The third-order valence-corrected chi connectivity index (χ3v) is 4.54. The van der Waals surface area contributed by atoms with Gasteiger partial charge < -0.3 is 5.11 Å². The Hall–Kier alpha value is -1.16. The first-order valence-corrected chi connectivity index (χ1v) is 7.90. The second-order valence-electron chi connectivity index (χ2n) is 5.89. The van der Waals surface area contributed by atoms with Gasteiger partial charge in [0.15, 0.2) is 5.78 Å². The Morgan fingerprint density at radius 2 is 2.05 bits per heavy atom. The van der Waals surface area contributed by atoms with Crippen LogP contribution in [-0.2, 0) is 11.2 Å². The molecule has 0 amide bonds. The summed E-state index contributed by atoms with van der Waals surface area (Å²) >= 11 is 0. The van der Waals surface area contributed by atoms with Gasteiger partial charge in [0.25, 0.3) is 0 Å². The van der Waals surface area contributed by atoms with E-state index in [0.717, 1.165) is 18.5 Å². The minimum absolute atomic E-state index is 0.0689.